The molecule has 0 saturated heterocycles. The second kappa shape index (κ2) is 6.04. The summed E-state index contributed by atoms with van der Waals surface area (Å²) >= 11 is 0. The molecule has 126 valence electrons. The molecule has 8 heteroatoms. The van der Waals surface area contributed by atoms with Crippen molar-refractivity contribution in [2.24, 2.45) is 5.92 Å². The van der Waals surface area contributed by atoms with Gasteiger partial charge < -0.3 is 0 Å². The Morgan fingerprint density at radius 2 is 1.45 bits per heavy atom. The lowest BCUT2D eigenvalue weighted by atomic mass is 9.90. The van der Waals surface area contributed by atoms with Crippen LogP contribution < -0.4 is 0 Å². The van der Waals surface area contributed by atoms with E-state index >= 15 is 0 Å². The van der Waals surface area contributed by atoms with Crippen LogP contribution in [0.3, 0.4) is 0 Å². The van der Waals surface area contributed by atoms with Gasteiger partial charge in [-0.15, -0.1) is 0 Å². The normalized spacial score (nSPS) is 15.2. The molecule has 1 aromatic heterocycles. The van der Waals surface area contributed by atoms with Crippen LogP contribution in [-0.2, 0) is 5.67 Å². The molecule has 0 radical (unpaired) electrons. The topological polar surface area (TPSA) is 12.9 Å². The Morgan fingerprint density at radius 1 is 0.955 bits per heavy atom. The summed E-state index contributed by atoms with van der Waals surface area (Å²) in [5.41, 5.74) is -6.97. The number of aromatic nitrogens is 1. The minimum atomic E-state index is -6.14. The lowest BCUT2D eigenvalue weighted by Crippen LogP contribution is -2.51. The van der Waals surface area contributed by atoms with Crippen molar-refractivity contribution < 1.29 is 30.7 Å². The molecule has 0 aliphatic carbocycles. The highest BCUT2D eigenvalue weighted by Crippen LogP contribution is 2.52. The maximum Gasteiger partial charge on any atom is 0.437 e. The van der Waals surface area contributed by atoms with Crippen LogP contribution in [-0.4, -0.2) is 17.3 Å². The van der Waals surface area contributed by atoms with Crippen LogP contribution in [0.2, 0.25) is 0 Å². The molecule has 1 unspecified atom stereocenters. The van der Waals surface area contributed by atoms with Gasteiger partial charge in [0.25, 0.3) is 0 Å². The molecule has 0 aliphatic heterocycles. The first-order valence-electron chi connectivity index (χ1n) is 6.59. The quantitative estimate of drug-likeness (QED) is 0.662. The Morgan fingerprint density at radius 3 is 1.86 bits per heavy atom. The smallest absolute Gasteiger partial charge is 0.257 e. The highest BCUT2D eigenvalue weighted by atomic mass is 19.4. The van der Waals surface area contributed by atoms with Crippen molar-refractivity contribution in [2.45, 2.75) is 51.1 Å². The Bertz CT molecular complexity index is 491. The third-order valence-electron chi connectivity index (χ3n) is 3.31. The van der Waals surface area contributed by atoms with Crippen LogP contribution in [0.4, 0.5) is 30.7 Å². The van der Waals surface area contributed by atoms with Gasteiger partial charge in [0.2, 0.25) is 0 Å². The van der Waals surface area contributed by atoms with Crippen LogP contribution in [0.5, 0.6) is 0 Å². The fourth-order valence-corrected chi connectivity index (χ4v) is 2.24. The lowest BCUT2D eigenvalue weighted by Gasteiger charge is -2.29. The summed E-state index contributed by atoms with van der Waals surface area (Å²) in [5.74, 6) is -0.126. The first-order valence-corrected chi connectivity index (χ1v) is 6.59. The van der Waals surface area contributed by atoms with Crippen LogP contribution in [0.15, 0.2) is 18.3 Å². The molecular weight excluding hydrogens is 315 g/mol. The zero-order valence-electron chi connectivity index (χ0n) is 12.2. The van der Waals surface area contributed by atoms with Gasteiger partial charge in [-0.3, -0.25) is 4.98 Å². The van der Waals surface area contributed by atoms with Crippen molar-refractivity contribution in [3.63, 3.8) is 0 Å². The van der Waals surface area contributed by atoms with Crippen LogP contribution >= 0.6 is 0 Å². The van der Waals surface area contributed by atoms with Crippen molar-refractivity contribution in [3.8, 4) is 0 Å². The maximum absolute atomic E-state index is 13.9. The number of hydrogen-bond acceptors (Lipinski definition) is 1. The van der Waals surface area contributed by atoms with Crippen LogP contribution in [0, 0.1) is 5.92 Å². The number of alkyl halides is 7. The van der Waals surface area contributed by atoms with Crippen LogP contribution in [0.25, 0.3) is 0 Å². The van der Waals surface area contributed by atoms with Crippen molar-refractivity contribution in [1.82, 2.24) is 4.98 Å². The minimum absolute atomic E-state index is 0.187. The van der Waals surface area contributed by atoms with E-state index in [4.69, 9.17) is 0 Å². The molecule has 1 nitrogen and oxygen atoms in total. The predicted octanol–water partition coefficient (Wildman–Crippen LogP) is 5.52. The molecule has 0 aliphatic rings. The standard InChI is InChI=1S/C14H16F7N/c1-8(2)6-9(3)10-4-5-22-11(7-10)12(15,13(16,17)18)14(19,20)21/h4-5,7-9H,6H2,1-3H3. The minimum Gasteiger partial charge on any atom is -0.257 e. The fraction of sp³-hybridized carbons (Fsp3) is 0.643. The van der Waals surface area contributed by atoms with E-state index in [1.165, 1.54) is 6.07 Å². The van der Waals surface area contributed by atoms with Crippen molar-refractivity contribution >= 4 is 0 Å². The van der Waals surface area contributed by atoms with E-state index in [0.717, 1.165) is 6.20 Å². The second-order valence-corrected chi connectivity index (χ2v) is 5.66. The summed E-state index contributed by atoms with van der Waals surface area (Å²) in [6.45, 7) is 5.38. The molecule has 1 rings (SSSR count). The van der Waals surface area contributed by atoms with Crippen molar-refractivity contribution in [2.75, 3.05) is 0 Å². The zero-order chi connectivity index (χ0) is 17.3. The van der Waals surface area contributed by atoms with Gasteiger partial charge in [-0.05, 0) is 36.0 Å². The van der Waals surface area contributed by atoms with Gasteiger partial charge in [0.05, 0.1) is 5.69 Å². The summed E-state index contributed by atoms with van der Waals surface area (Å²) in [6.07, 6.45) is -11.0. The third-order valence-corrected chi connectivity index (χ3v) is 3.31. The average Bonchev–Trinajstić information content (AvgIpc) is 2.34. The van der Waals surface area contributed by atoms with Crippen molar-refractivity contribution in [1.29, 1.82) is 0 Å². The first kappa shape index (κ1) is 18.7. The largest absolute Gasteiger partial charge is 0.437 e. The number of hydrogen-bond donors (Lipinski definition) is 0. The maximum atomic E-state index is 13.9. The Kier molecular flexibility index (Phi) is 5.14. The van der Waals surface area contributed by atoms with Gasteiger partial charge in [-0.25, -0.2) is 4.39 Å². The molecule has 0 N–H and O–H groups in total. The summed E-state index contributed by atoms with van der Waals surface area (Å²) in [4.78, 5) is 2.99. The first-order chi connectivity index (χ1) is 9.80. The Labute approximate surface area is 123 Å². The van der Waals surface area contributed by atoms with E-state index in [-0.39, 0.29) is 17.4 Å². The van der Waals surface area contributed by atoms with E-state index in [2.05, 4.69) is 4.98 Å². The van der Waals surface area contributed by atoms with E-state index in [1.807, 2.05) is 13.8 Å². The number of pyridine rings is 1. The predicted molar refractivity (Wildman–Crippen MR) is 67.0 cm³/mol. The van der Waals surface area contributed by atoms with E-state index < -0.39 is 23.7 Å². The number of halogens is 7. The molecule has 22 heavy (non-hydrogen) atoms. The Hall–Kier alpha value is -1.34. The van der Waals surface area contributed by atoms with E-state index in [1.54, 1.807) is 6.92 Å². The molecule has 0 spiro atoms. The summed E-state index contributed by atoms with van der Waals surface area (Å²) < 4.78 is 90.1. The monoisotopic (exact) mass is 331 g/mol. The van der Waals surface area contributed by atoms with Gasteiger partial charge in [-0.1, -0.05) is 20.8 Å². The molecule has 0 bridgehead atoms. The summed E-state index contributed by atoms with van der Waals surface area (Å²) in [7, 11) is 0. The molecule has 0 amide bonds. The van der Waals surface area contributed by atoms with E-state index in [0.29, 0.717) is 12.5 Å². The average molecular weight is 331 g/mol. The molecule has 0 aromatic carbocycles. The van der Waals surface area contributed by atoms with Gasteiger partial charge in [-0.2, -0.15) is 26.3 Å². The van der Waals surface area contributed by atoms with Crippen molar-refractivity contribution in [3.05, 3.63) is 29.6 Å². The SMILES string of the molecule is CC(C)CC(C)c1ccnc(C(F)(C(F)(F)F)C(F)(F)F)c1. The number of nitrogens with zero attached hydrogens (tertiary/aromatic N) is 1. The van der Waals surface area contributed by atoms with Gasteiger partial charge in [0, 0.05) is 6.20 Å². The molecule has 0 fully saturated rings. The second-order valence-electron chi connectivity index (χ2n) is 5.66. The van der Waals surface area contributed by atoms with Gasteiger partial charge >= 0.3 is 18.0 Å². The fourth-order valence-electron chi connectivity index (χ4n) is 2.24. The third kappa shape index (κ3) is 3.52. The van der Waals surface area contributed by atoms with Crippen LogP contribution in [0.1, 0.15) is 44.4 Å². The number of rotatable bonds is 4. The van der Waals surface area contributed by atoms with Gasteiger partial charge in [0.1, 0.15) is 0 Å². The summed E-state index contributed by atoms with van der Waals surface area (Å²) in [6, 6.07) is 1.84. The zero-order valence-corrected chi connectivity index (χ0v) is 12.2. The van der Waals surface area contributed by atoms with Gasteiger partial charge in [0.15, 0.2) is 0 Å². The summed E-state index contributed by atoms with van der Waals surface area (Å²) in [5, 5.41) is 0. The molecule has 1 heterocycles. The van der Waals surface area contributed by atoms with E-state index in [9.17, 15) is 30.7 Å². The molecule has 0 saturated carbocycles. The highest BCUT2D eigenvalue weighted by molar-refractivity contribution is 5.27. The highest BCUT2D eigenvalue weighted by Gasteiger charge is 2.74. The molecular formula is C14H16F7N. The molecule has 1 atom stereocenters. The lowest BCUT2D eigenvalue weighted by molar-refractivity contribution is -0.350. The Balaban J connectivity index is 3.35. The molecule has 1 aromatic rings.